The highest BCUT2D eigenvalue weighted by Gasteiger charge is 2.28. The monoisotopic (exact) mass is 385 g/mol. The van der Waals surface area contributed by atoms with Crippen molar-refractivity contribution >= 4 is 40.0 Å². The Bertz CT molecular complexity index is 609. The predicted molar refractivity (Wildman–Crippen MR) is 85.4 cm³/mol. The number of rotatable bonds is 3. The molecule has 1 aromatic carbocycles. The molecule has 0 bridgehead atoms. The number of nitrogen functional groups attached to an aromatic ring is 1. The molecule has 3 rings (SSSR count). The summed E-state index contributed by atoms with van der Waals surface area (Å²) in [5, 5.41) is 0.741. The molecular formula is C14H13ClIN3. The largest absolute Gasteiger partial charge is 0.383 e. The van der Waals surface area contributed by atoms with Crippen LogP contribution in [0, 0.1) is 3.57 Å². The Morgan fingerprint density at radius 3 is 2.53 bits per heavy atom. The number of aromatic nitrogens is 2. The van der Waals surface area contributed by atoms with E-state index in [4.69, 9.17) is 17.3 Å². The van der Waals surface area contributed by atoms with Crippen LogP contribution in [0.5, 0.6) is 0 Å². The van der Waals surface area contributed by atoms with Gasteiger partial charge in [0.25, 0.3) is 0 Å². The first-order valence-corrected chi connectivity index (χ1v) is 7.65. The van der Waals surface area contributed by atoms with Crippen LogP contribution in [0.15, 0.2) is 24.3 Å². The quantitative estimate of drug-likeness (QED) is 0.818. The van der Waals surface area contributed by atoms with Crippen LogP contribution in [-0.2, 0) is 6.42 Å². The second-order valence-electron chi connectivity index (χ2n) is 4.80. The fourth-order valence-corrected chi connectivity index (χ4v) is 2.83. The minimum atomic E-state index is 0.584. The third kappa shape index (κ3) is 3.00. The van der Waals surface area contributed by atoms with Crippen molar-refractivity contribution in [3.05, 3.63) is 49.9 Å². The maximum Gasteiger partial charge on any atom is 0.140 e. The lowest BCUT2D eigenvalue weighted by Gasteiger charge is -2.08. The summed E-state index contributed by atoms with van der Waals surface area (Å²) in [5.74, 6) is 1.98. The zero-order valence-electron chi connectivity index (χ0n) is 10.2. The van der Waals surface area contributed by atoms with Gasteiger partial charge in [-0.2, -0.15) is 0 Å². The molecule has 0 amide bonds. The summed E-state index contributed by atoms with van der Waals surface area (Å²) in [4.78, 5) is 9.07. The highest BCUT2D eigenvalue weighted by atomic mass is 127. The SMILES string of the molecule is Nc1nc(Cc2ccc(Cl)cc2)nc(C2CC2)c1I. The number of hydrogen-bond acceptors (Lipinski definition) is 3. The lowest BCUT2D eigenvalue weighted by Crippen LogP contribution is -2.07. The molecule has 1 aliphatic carbocycles. The van der Waals surface area contributed by atoms with Gasteiger partial charge in [-0.15, -0.1) is 0 Å². The van der Waals surface area contributed by atoms with E-state index >= 15 is 0 Å². The molecule has 1 fully saturated rings. The number of nitrogens with two attached hydrogens (primary N) is 1. The molecule has 2 N–H and O–H groups in total. The lowest BCUT2D eigenvalue weighted by atomic mass is 10.1. The summed E-state index contributed by atoms with van der Waals surface area (Å²) in [5.41, 5.74) is 8.25. The van der Waals surface area contributed by atoms with E-state index in [2.05, 4.69) is 32.6 Å². The van der Waals surface area contributed by atoms with Gasteiger partial charge in [-0.25, -0.2) is 9.97 Å². The van der Waals surface area contributed by atoms with Crippen LogP contribution in [0.4, 0.5) is 5.82 Å². The van der Waals surface area contributed by atoms with E-state index in [-0.39, 0.29) is 0 Å². The Balaban J connectivity index is 1.90. The molecule has 0 spiro atoms. The number of nitrogens with zero attached hydrogens (tertiary/aromatic N) is 2. The standard InChI is InChI=1S/C14H13ClIN3/c15-10-5-1-8(2-6-10)7-11-18-13(9-3-4-9)12(16)14(17)19-11/h1-2,5-6,9H,3-4,7H2,(H2,17,18,19). The minimum Gasteiger partial charge on any atom is -0.383 e. The molecule has 0 atom stereocenters. The second kappa shape index (κ2) is 5.25. The fourth-order valence-electron chi connectivity index (χ4n) is 2.02. The molecule has 98 valence electrons. The van der Waals surface area contributed by atoms with E-state index in [0.717, 1.165) is 25.7 Å². The van der Waals surface area contributed by atoms with Gasteiger partial charge in [0.05, 0.1) is 9.26 Å². The summed E-state index contributed by atoms with van der Waals surface area (Å²) < 4.78 is 1.01. The van der Waals surface area contributed by atoms with Crippen LogP contribution in [0.25, 0.3) is 0 Å². The van der Waals surface area contributed by atoms with Crippen LogP contribution >= 0.6 is 34.2 Å². The molecule has 2 aromatic rings. The van der Waals surface area contributed by atoms with Crippen LogP contribution < -0.4 is 5.73 Å². The molecule has 0 radical (unpaired) electrons. The van der Waals surface area contributed by atoms with Gasteiger partial charge >= 0.3 is 0 Å². The van der Waals surface area contributed by atoms with E-state index in [0.29, 0.717) is 18.2 Å². The molecule has 19 heavy (non-hydrogen) atoms. The van der Waals surface area contributed by atoms with Crippen molar-refractivity contribution in [1.82, 2.24) is 9.97 Å². The lowest BCUT2D eigenvalue weighted by molar-refractivity contribution is 0.894. The van der Waals surface area contributed by atoms with Crippen molar-refractivity contribution < 1.29 is 0 Å². The first-order valence-electron chi connectivity index (χ1n) is 6.19. The zero-order chi connectivity index (χ0) is 13.4. The number of benzene rings is 1. The van der Waals surface area contributed by atoms with Gasteiger partial charge in [0.15, 0.2) is 0 Å². The molecule has 5 heteroatoms. The fraction of sp³-hybridized carbons (Fsp3) is 0.286. The van der Waals surface area contributed by atoms with Crippen molar-refractivity contribution in [2.75, 3.05) is 5.73 Å². The molecular weight excluding hydrogens is 373 g/mol. The zero-order valence-corrected chi connectivity index (χ0v) is 13.1. The minimum absolute atomic E-state index is 0.584. The highest BCUT2D eigenvalue weighted by Crippen LogP contribution is 2.41. The Morgan fingerprint density at radius 2 is 1.89 bits per heavy atom. The summed E-state index contributed by atoms with van der Waals surface area (Å²) in [6.07, 6.45) is 3.12. The Labute approximate surface area is 130 Å². The van der Waals surface area contributed by atoms with Gasteiger partial charge in [-0.3, -0.25) is 0 Å². The molecule has 1 heterocycles. The average Bonchev–Trinajstić information content (AvgIpc) is 3.21. The molecule has 0 saturated heterocycles. The second-order valence-corrected chi connectivity index (χ2v) is 6.32. The number of halogens is 2. The first-order chi connectivity index (χ1) is 9.13. The van der Waals surface area contributed by atoms with Crippen molar-refractivity contribution in [2.45, 2.75) is 25.2 Å². The van der Waals surface area contributed by atoms with Gasteiger partial charge in [0, 0.05) is 17.4 Å². The molecule has 1 saturated carbocycles. The molecule has 0 unspecified atom stereocenters. The maximum atomic E-state index is 5.99. The molecule has 1 aromatic heterocycles. The molecule has 0 aliphatic heterocycles. The normalized spacial score (nSPS) is 14.6. The van der Waals surface area contributed by atoms with Gasteiger partial charge in [-0.1, -0.05) is 23.7 Å². The van der Waals surface area contributed by atoms with Crippen LogP contribution in [0.3, 0.4) is 0 Å². The van der Waals surface area contributed by atoms with E-state index in [9.17, 15) is 0 Å². The number of anilines is 1. The number of hydrogen-bond donors (Lipinski definition) is 1. The topological polar surface area (TPSA) is 51.8 Å². The summed E-state index contributed by atoms with van der Waals surface area (Å²) >= 11 is 8.13. The van der Waals surface area contributed by atoms with Crippen LogP contribution in [-0.4, -0.2) is 9.97 Å². The highest BCUT2D eigenvalue weighted by molar-refractivity contribution is 14.1. The Hall–Kier alpha value is -0.880. The average molecular weight is 386 g/mol. The first kappa shape index (κ1) is 13.1. The van der Waals surface area contributed by atoms with Crippen LogP contribution in [0.2, 0.25) is 5.02 Å². The van der Waals surface area contributed by atoms with E-state index < -0.39 is 0 Å². The van der Waals surface area contributed by atoms with Gasteiger partial charge in [0.2, 0.25) is 0 Å². The maximum absolute atomic E-state index is 5.99. The van der Waals surface area contributed by atoms with Crippen molar-refractivity contribution in [1.29, 1.82) is 0 Å². The van der Waals surface area contributed by atoms with Gasteiger partial charge < -0.3 is 5.73 Å². The summed E-state index contributed by atoms with van der Waals surface area (Å²) in [7, 11) is 0. The predicted octanol–water partition coefficient (Wildman–Crippen LogP) is 3.79. The van der Waals surface area contributed by atoms with Crippen molar-refractivity contribution in [3.8, 4) is 0 Å². The third-order valence-corrected chi connectivity index (χ3v) is 4.55. The van der Waals surface area contributed by atoms with Crippen LogP contribution in [0.1, 0.15) is 35.8 Å². The smallest absolute Gasteiger partial charge is 0.140 e. The summed E-state index contributed by atoms with van der Waals surface area (Å²) in [6, 6.07) is 7.76. The Morgan fingerprint density at radius 1 is 1.21 bits per heavy atom. The summed E-state index contributed by atoms with van der Waals surface area (Å²) in [6.45, 7) is 0. The van der Waals surface area contributed by atoms with Gasteiger partial charge in [-0.05, 0) is 53.1 Å². The van der Waals surface area contributed by atoms with E-state index in [1.165, 1.54) is 12.8 Å². The molecule has 3 nitrogen and oxygen atoms in total. The van der Waals surface area contributed by atoms with Gasteiger partial charge in [0.1, 0.15) is 11.6 Å². The van der Waals surface area contributed by atoms with E-state index in [1.54, 1.807) is 0 Å². The molecule has 1 aliphatic rings. The van der Waals surface area contributed by atoms with Crippen molar-refractivity contribution in [2.24, 2.45) is 0 Å². The van der Waals surface area contributed by atoms with Crippen molar-refractivity contribution in [3.63, 3.8) is 0 Å². The van der Waals surface area contributed by atoms with E-state index in [1.807, 2.05) is 24.3 Å². The Kier molecular flexibility index (Phi) is 3.62. The third-order valence-electron chi connectivity index (χ3n) is 3.19.